The van der Waals surface area contributed by atoms with Crippen molar-refractivity contribution in [1.82, 2.24) is 0 Å². The highest BCUT2D eigenvalue weighted by Gasteiger charge is 2.55. The van der Waals surface area contributed by atoms with Gasteiger partial charge in [0.15, 0.2) is 0 Å². The predicted molar refractivity (Wildman–Crippen MR) is 66.2 cm³/mol. The van der Waals surface area contributed by atoms with Crippen molar-refractivity contribution in [3.63, 3.8) is 0 Å². The maximum atomic E-state index is 5.40. The minimum absolute atomic E-state index is 0.914. The molecule has 0 heterocycles. The molecule has 3 saturated carbocycles. The van der Waals surface area contributed by atoms with Crippen LogP contribution in [0.1, 0.15) is 45.4 Å². The van der Waals surface area contributed by atoms with E-state index < -0.39 is 0 Å². The molecule has 0 aromatic heterocycles. The molecule has 3 aliphatic carbocycles. The molecule has 0 amide bonds. The van der Waals surface area contributed by atoms with Gasteiger partial charge in [0.25, 0.3) is 0 Å². The third kappa shape index (κ3) is 1.63. The number of hydrogen-bond donors (Lipinski definition) is 0. The third-order valence-corrected chi connectivity index (χ3v) is 5.78. The molecule has 3 aliphatic rings. The largest absolute Gasteiger partial charge is 0.384 e. The lowest BCUT2D eigenvalue weighted by Crippen LogP contribution is -2.26. The maximum Gasteiger partial charge on any atom is 0.0493 e. The minimum atomic E-state index is 0.914. The van der Waals surface area contributed by atoms with Gasteiger partial charge in [-0.15, -0.1) is 0 Å². The molecule has 1 nitrogen and oxygen atoms in total. The Bertz CT molecular complexity index is 250. The van der Waals surface area contributed by atoms with Crippen LogP contribution in [-0.2, 0) is 4.74 Å². The highest BCUT2D eigenvalue weighted by atomic mass is 16.5. The van der Waals surface area contributed by atoms with Crippen LogP contribution in [-0.4, -0.2) is 13.7 Å². The van der Waals surface area contributed by atoms with Crippen LogP contribution in [0.25, 0.3) is 0 Å². The van der Waals surface area contributed by atoms with Crippen molar-refractivity contribution in [1.29, 1.82) is 0 Å². The van der Waals surface area contributed by atoms with Crippen LogP contribution in [0, 0.1) is 35.5 Å². The molecular weight excluding hydrogens is 196 g/mol. The fourth-order valence-electron chi connectivity index (χ4n) is 5.38. The lowest BCUT2D eigenvalue weighted by Gasteiger charge is -2.30. The highest BCUT2D eigenvalue weighted by molar-refractivity contribution is 5.04. The standard InChI is InChI=1S/C15H26O/c1-3-4-10-5-13-11-7-12(9-16-2)14(8-11)15(13)6-10/h10-15H,3-9H2,1-2H3/t10-,11+,12-,13-,14-,15-/m1/s1. The molecule has 0 N–H and O–H groups in total. The lowest BCUT2D eigenvalue weighted by atomic mass is 9.76. The first-order valence-corrected chi connectivity index (χ1v) is 7.32. The third-order valence-electron chi connectivity index (χ3n) is 5.78. The number of hydrogen-bond acceptors (Lipinski definition) is 1. The summed E-state index contributed by atoms with van der Waals surface area (Å²) in [5, 5.41) is 0. The van der Waals surface area contributed by atoms with Crippen molar-refractivity contribution < 1.29 is 4.74 Å². The predicted octanol–water partition coefficient (Wildman–Crippen LogP) is 3.73. The Morgan fingerprint density at radius 1 is 1.00 bits per heavy atom. The van der Waals surface area contributed by atoms with Crippen LogP contribution in [0.4, 0.5) is 0 Å². The molecule has 0 unspecified atom stereocenters. The Labute approximate surface area is 99.9 Å². The van der Waals surface area contributed by atoms with Crippen molar-refractivity contribution in [3.05, 3.63) is 0 Å². The summed E-state index contributed by atoms with van der Waals surface area (Å²) in [6.07, 6.45) is 9.03. The van der Waals surface area contributed by atoms with Crippen molar-refractivity contribution in [2.24, 2.45) is 35.5 Å². The highest BCUT2D eigenvalue weighted by Crippen LogP contribution is 2.62. The van der Waals surface area contributed by atoms with E-state index in [1.54, 1.807) is 19.3 Å². The van der Waals surface area contributed by atoms with Crippen LogP contribution in [0.3, 0.4) is 0 Å². The molecule has 0 saturated heterocycles. The van der Waals surface area contributed by atoms with Gasteiger partial charge in [0.1, 0.15) is 0 Å². The Hall–Kier alpha value is -0.0400. The average Bonchev–Trinajstić information content (AvgIpc) is 2.88. The molecule has 92 valence electrons. The molecule has 0 aliphatic heterocycles. The average molecular weight is 222 g/mol. The van der Waals surface area contributed by atoms with Crippen LogP contribution in [0.2, 0.25) is 0 Å². The van der Waals surface area contributed by atoms with Gasteiger partial charge in [-0.2, -0.15) is 0 Å². The van der Waals surface area contributed by atoms with Crippen LogP contribution in [0.5, 0.6) is 0 Å². The zero-order chi connectivity index (χ0) is 11.1. The molecule has 0 spiro atoms. The van der Waals surface area contributed by atoms with E-state index in [2.05, 4.69) is 6.92 Å². The van der Waals surface area contributed by atoms with Gasteiger partial charge in [0.2, 0.25) is 0 Å². The Morgan fingerprint density at radius 3 is 2.56 bits per heavy atom. The van der Waals surface area contributed by atoms with Gasteiger partial charge in [-0.05, 0) is 61.2 Å². The lowest BCUT2D eigenvalue weighted by molar-refractivity contribution is 0.0875. The summed E-state index contributed by atoms with van der Waals surface area (Å²) < 4.78 is 5.40. The Kier molecular flexibility index (Phi) is 2.99. The molecule has 16 heavy (non-hydrogen) atoms. The molecule has 3 fully saturated rings. The number of methoxy groups -OCH3 is 1. The summed E-state index contributed by atoms with van der Waals surface area (Å²) in [5.41, 5.74) is 0. The van der Waals surface area contributed by atoms with Crippen LogP contribution < -0.4 is 0 Å². The molecule has 3 rings (SSSR count). The Morgan fingerprint density at radius 2 is 1.81 bits per heavy atom. The number of ether oxygens (including phenoxy) is 1. The van der Waals surface area contributed by atoms with E-state index in [0.717, 1.165) is 42.1 Å². The van der Waals surface area contributed by atoms with Gasteiger partial charge >= 0.3 is 0 Å². The van der Waals surface area contributed by atoms with Crippen molar-refractivity contribution in [3.8, 4) is 0 Å². The van der Waals surface area contributed by atoms with E-state index in [-0.39, 0.29) is 0 Å². The van der Waals surface area contributed by atoms with Crippen molar-refractivity contribution >= 4 is 0 Å². The van der Waals surface area contributed by atoms with E-state index in [0.29, 0.717) is 0 Å². The van der Waals surface area contributed by atoms with Gasteiger partial charge in [0, 0.05) is 13.7 Å². The smallest absolute Gasteiger partial charge is 0.0493 e. The van der Waals surface area contributed by atoms with Crippen LogP contribution in [0.15, 0.2) is 0 Å². The first kappa shape index (κ1) is 11.1. The first-order chi connectivity index (χ1) is 7.83. The van der Waals surface area contributed by atoms with E-state index >= 15 is 0 Å². The topological polar surface area (TPSA) is 9.23 Å². The summed E-state index contributed by atoms with van der Waals surface area (Å²) >= 11 is 0. The maximum absolute atomic E-state index is 5.40. The quantitative estimate of drug-likeness (QED) is 0.704. The molecule has 6 atom stereocenters. The monoisotopic (exact) mass is 222 g/mol. The summed E-state index contributed by atoms with van der Waals surface area (Å²) in [6.45, 7) is 3.37. The van der Waals surface area contributed by atoms with Gasteiger partial charge in [-0.3, -0.25) is 0 Å². The van der Waals surface area contributed by atoms with Gasteiger partial charge in [0.05, 0.1) is 0 Å². The van der Waals surface area contributed by atoms with E-state index in [4.69, 9.17) is 4.74 Å². The second kappa shape index (κ2) is 4.33. The Balaban J connectivity index is 1.65. The molecular formula is C15H26O. The van der Waals surface area contributed by atoms with E-state index in [9.17, 15) is 0 Å². The van der Waals surface area contributed by atoms with E-state index in [1.165, 1.54) is 19.3 Å². The zero-order valence-electron chi connectivity index (χ0n) is 10.8. The summed E-state index contributed by atoms with van der Waals surface area (Å²) in [6, 6.07) is 0. The second-order valence-electron chi connectivity index (χ2n) is 6.56. The zero-order valence-corrected chi connectivity index (χ0v) is 10.8. The number of fused-ring (bicyclic) bond motifs is 5. The summed E-state index contributed by atoms with van der Waals surface area (Å²) in [4.78, 5) is 0. The molecule has 2 bridgehead atoms. The SMILES string of the molecule is CCC[C@H]1C[C@@H]2[C@H](C1)[C@H]1C[C@H](COC)[C@H]2C1. The van der Waals surface area contributed by atoms with Crippen molar-refractivity contribution in [2.75, 3.05) is 13.7 Å². The number of rotatable bonds is 4. The fraction of sp³-hybridized carbons (Fsp3) is 1.00. The van der Waals surface area contributed by atoms with Crippen LogP contribution >= 0.6 is 0 Å². The van der Waals surface area contributed by atoms with Gasteiger partial charge < -0.3 is 4.74 Å². The summed E-state index contributed by atoms with van der Waals surface area (Å²) in [5.74, 6) is 6.32. The van der Waals surface area contributed by atoms with E-state index in [1.807, 2.05) is 7.11 Å². The van der Waals surface area contributed by atoms with Gasteiger partial charge in [-0.25, -0.2) is 0 Å². The molecule has 0 radical (unpaired) electrons. The van der Waals surface area contributed by atoms with Gasteiger partial charge in [-0.1, -0.05) is 19.8 Å². The molecule has 0 aromatic carbocycles. The fourth-order valence-corrected chi connectivity index (χ4v) is 5.38. The normalized spacial score (nSPS) is 49.9. The molecule has 0 aromatic rings. The second-order valence-corrected chi connectivity index (χ2v) is 6.56. The summed E-state index contributed by atoms with van der Waals surface area (Å²) in [7, 11) is 1.87. The molecule has 1 heteroatoms. The van der Waals surface area contributed by atoms with Crippen molar-refractivity contribution in [2.45, 2.75) is 45.4 Å². The first-order valence-electron chi connectivity index (χ1n) is 7.32. The minimum Gasteiger partial charge on any atom is -0.384 e.